The first kappa shape index (κ1) is 27.3. The van der Waals surface area contributed by atoms with E-state index in [0.29, 0.717) is 13.0 Å². The predicted molar refractivity (Wildman–Crippen MR) is 119 cm³/mol. The summed E-state index contributed by atoms with van der Waals surface area (Å²) in [7, 11) is 1.40. The van der Waals surface area contributed by atoms with Crippen LogP contribution in [0.4, 0.5) is 23.2 Å². The molecule has 1 aliphatic rings. The van der Waals surface area contributed by atoms with E-state index in [2.05, 4.69) is 26.8 Å². The van der Waals surface area contributed by atoms with Gasteiger partial charge in [0, 0.05) is 37.3 Å². The van der Waals surface area contributed by atoms with Gasteiger partial charge in [-0.3, -0.25) is 24.5 Å². The van der Waals surface area contributed by atoms with E-state index in [9.17, 15) is 27.2 Å². The summed E-state index contributed by atoms with van der Waals surface area (Å²) in [6.07, 6.45) is -2.07. The Kier molecular flexibility index (Phi) is 9.16. The van der Waals surface area contributed by atoms with Crippen LogP contribution < -0.4 is 15.0 Å². The summed E-state index contributed by atoms with van der Waals surface area (Å²) in [5.41, 5.74) is -4.68. The molecule has 0 radical (unpaired) electrons. The van der Waals surface area contributed by atoms with E-state index in [0.717, 1.165) is 35.4 Å². The zero-order valence-electron chi connectivity index (χ0n) is 18.3. The van der Waals surface area contributed by atoms with Gasteiger partial charge in [-0.25, -0.2) is 4.39 Å². The van der Waals surface area contributed by atoms with Gasteiger partial charge >= 0.3 is 6.36 Å². The molecule has 8 nitrogen and oxygen atoms in total. The summed E-state index contributed by atoms with van der Waals surface area (Å²) in [5.74, 6) is -2.68. The summed E-state index contributed by atoms with van der Waals surface area (Å²) < 4.78 is 60.9. The Labute approximate surface area is 198 Å². The minimum Gasteiger partial charge on any atom is -0.406 e. The van der Waals surface area contributed by atoms with E-state index < -0.39 is 35.1 Å². The summed E-state index contributed by atoms with van der Waals surface area (Å²) in [6, 6.07) is 3.56. The van der Waals surface area contributed by atoms with Crippen molar-refractivity contribution >= 4 is 42.0 Å². The third-order valence-corrected chi connectivity index (χ3v) is 5.14. The Morgan fingerprint density at radius 3 is 2.47 bits per heavy atom. The standard InChI is InChI=1S/C21H23ClF4N4O4/c1-20(13(10-27-2)11-28-3,19(32)29-14-8-9-33-12-14)30(18(31)17(22)23)15-4-6-16(7-5-15)34-21(24,25)26/h4-7,10-11,14,17H,2,8-9,12H2,1,3H3,(H,29,32)/b13-10+,28-11-/t14-,17-,20-/m0/s1. The molecular formula is C21H23ClF4N4O4. The average Bonchev–Trinajstić information content (AvgIpc) is 3.26. The third kappa shape index (κ3) is 6.54. The maximum absolute atomic E-state index is 14.1. The Hall–Kier alpha value is -2.99. The van der Waals surface area contributed by atoms with E-state index >= 15 is 0 Å². The van der Waals surface area contributed by atoms with Gasteiger partial charge < -0.3 is 14.8 Å². The van der Waals surface area contributed by atoms with Crippen LogP contribution >= 0.6 is 11.6 Å². The van der Waals surface area contributed by atoms with Crippen molar-refractivity contribution in [2.24, 2.45) is 9.98 Å². The van der Waals surface area contributed by atoms with Gasteiger partial charge in [-0.1, -0.05) is 11.6 Å². The van der Waals surface area contributed by atoms with Crippen molar-refractivity contribution in [3.63, 3.8) is 0 Å². The van der Waals surface area contributed by atoms with Gasteiger partial charge in [0.15, 0.2) is 5.54 Å². The van der Waals surface area contributed by atoms with Crippen LogP contribution in [0.25, 0.3) is 0 Å². The molecule has 1 saturated heterocycles. The molecular weight excluding hydrogens is 484 g/mol. The Balaban J connectivity index is 2.65. The van der Waals surface area contributed by atoms with Gasteiger partial charge in [0.2, 0.25) is 0 Å². The molecule has 0 saturated carbocycles. The molecule has 0 spiro atoms. The number of alkyl halides is 5. The van der Waals surface area contributed by atoms with E-state index in [4.69, 9.17) is 16.3 Å². The monoisotopic (exact) mass is 506 g/mol. The van der Waals surface area contributed by atoms with Crippen molar-refractivity contribution < 1.29 is 36.6 Å². The van der Waals surface area contributed by atoms with Crippen LogP contribution in [0, 0.1) is 0 Å². The Morgan fingerprint density at radius 1 is 1.35 bits per heavy atom. The number of halogens is 5. The lowest BCUT2D eigenvalue weighted by atomic mass is 9.88. The highest BCUT2D eigenvalue weighted by molar-refractivity contribution is 6.32. The minimum absolute atomic E-state index is 0.0303. The number of carbonyl (C=O) groups is 2. The van der Waals surface area contributed by atoms with Crippen molar-refractivity contribution in [3.8, 4) is 5.75 Å². The van der Waals surface area contributed by atoms with Gasteiger partial charge in [0.25, 0.3) is 17.4 Å². The topological polar surface area (TPSA) is 92.6 Å². The molecule has 2 amide bonds. The first-order valence-corrected chi connectivity index (χ1v) is 10.3. The molecule has 186 valence electrons. The zero-order valence-corrected chi connectivity index (χ0v) is 19.1. The lowest BCUT2D eigenvalue weighted by Crippen LogP contribution is -2.63. The maximum Gasteiger partial charge on any atom is 0.573 e. The van der Waals surface area contributed by atoms with Gasteiger partial charge in [0.1, 0.15) is 5.75 Å². The van der Waals surface area contributed by atoms with Crippen molar-refractivity contribution in [1.82, 2.24) is 5.32 Å². The third-order valence-electron chi connectivity index (χ3n) is 4.95. The SMILES string of the molecule is C=N/C=C(\C=N/C)[C@@](C)(C(=O)N[C@H]1CCOC1)N(C(=O)[C@H](F)Cl)c1ccc(OC(F)(F)F)cc1. The number of benzene rings is 1. The number of nitrogens with one attached hydrogen (secondary N) is 1. The van der Waals surface area contributed by atoms with Crippen molar-refractivity contribution in [2.75, 3.05) is 25.2 Å². The number of anilines is 1. The molecule has 2 rings (SSSR count). The summed E-state index contributed by atoms with van der Waals surface area (Å²) >= 11 is 5.46. The van der Waals surface area contributed by atoms with Crippen LogP contribution in [-0.4, -0.2) is 68.6 Å². The van der Waals surface area contributed by atoms with Crippen LogP contribution in [0.1, 0.15) is 13.3 Å². The van der Waals surface area contributed by atoms with Gasteiger partial charge in [-0.05, 0) is 44.3 Å². The highest BCUT2D eigenvalue weighted by Gasteiger charge is 2.48. The van der Waals surface area contributed by atoms with Crippen molar-refractivity contribution in [3.05, 3.63) is 36.0 Å². The molecule has 13 heteroatoms. The molecule has 0 unspecified atom stereocenters. The largest absolute Gasteiger partial charge is 0.573 e. The number of carbonyl (C=O) groups excluding carboxylic acids is 2. The molecule has 1 fully saturated rings. The zero-order chi connectivity index (χ0) is 25.5. The molecule has 3 atom stereocenters. The molecule has 1 heterocycles. The van der Waals surface area contributed by atoms with Crippen LogP contribution in [-0.2, 0) is 14.3 Å². The van der Waals surface area contributed by atoms with Gasteiger partial charge in [-0.15, -0.1) is 13.2 Å². The van der Waals surface area contributed by atoms with Gasteiger partial charge in [-0.2, -0.15) is 0 Å². The van der Waals surface area contributed by atoms with Gasteiger partial charge in [0.05, 0.1) is 12.6 Å². The van der Waals surface area contributed by atoms with E-state index in [1.807, 2.05) is 0 Å². The summed E-state index contributed by atoms with van der Waals surface area (Å²) in [5, 5.41) is 2.74. The molecule has 1 aromatic rings. The highest BCUT2D eigenvalue weighted by atomic mass is 35.5. The first-order chi connectivity index (χ1) is 15.9. The lowest BCUT2D eigenvalue weighted by molar-refractivity contribution is -0.274. The molecule has 1 aromatic carbocycles. The first-order valence-electron chi connectivity index (χ1n) is 9.89. The average molecular weight is 507 g/mol. The fourth-order valence-corrected chi connectivity index (χ4v) is 3.46. The second-order valence-corrected chi connectivity index (χ2v) is 7.66. The molecule has 0 aliphatic carbocycles. The molecule has 0 aromatic heterocycles. The number of rotatable bonds is 9. The number of nitrogens with zero attached hydrogens (tertiary/aromatic N) is 3. The lowest BCUT2D eigenvalue weighted by Gasteiger charge is -2.41. The van der Waals surface area contributed by atoms with Crippen LogP contribution in [0.5, 0.6) is 5.75 Å². The number of amides is 2. The smallest absolute Gasteiger partial charge is 0.406 e. The normalized spacial score (nSPS) is 19.4. The fourth-order valence-electron chi connectivity index (χ4n) is 3.36. The van der Waals surface area contributed by atoms with E-state index in [1.54, 1.807) is 0 Å². The molecule has 34 heavy (non-hydrogen) atoms. The predicted octanol–water partition coefficient (Wildman–Crippen LogP) is 3.40. The number of ether oxygens (including phenoxy) is 2. The summed E-state index contributed by atoms with van der Waals surface area (Å²) in [4.78, 5) is 34.7. The second kappa shape index (κ2) is 11.4. The van der Waals surface area contributed by atoms with Crippen molar-refractivity contribution in [2.45, 2.75) is 36.9 Å². The Bertz CT molecular complexity index is 947. The summed E-state index contributed by atoms with van der Waals surface area (Å²) in [6.45, 7) is 5.28. The second-order valence-electron chi connectivity index (χ2n) is 7.28. The molecule has 0 bridgehead atoms. The number of hydrogen-bond acceptors (Lipinski definition) is 6. The van der Waals surface area contributed by atoms with Crippen molar-refractivity contribution in [1.29, 1.82) is 0 Å². The fraction of sp³-hybridized carbons (Fsp3) is 0.429. The van der Waals surface area contributed by atoms with Crippen LogP contribution in [0.3, 0.4) is 0 Å². The Morgan fingerprint density at radius 2 is 2.00 bits per heavy atom. The van der Waals surface area contributed by atoms with E-state index in [-0.39, 0.29) is 23.9 Å². The van der Waals surface area contributed by atoms with Crippen LogP contribution in [0.2, 0.25) is 0 Å². The molecule has 1 aliphatic heterocycles. The minimum atomic E-state index is -4.95. The number of aliphatic imine (C=N–C) groups is 2. The highest BCUT2D eigenvalue weighted by Crippen LogP contribution is 2.34. The quantitative estimate of drug-likeness (QED) is 0.316. The molecule has 1 N–H and O–H groups in total. The van der Waals surface area contributed by atoms with Crippen LogP contribution in [0.15, 0.2) is 46.0 Å². The maximum atomic E-state index is 14.1. The van der Waals surface area contributed by atoms with E-state index in [1.165, 1.54) is 20.2 Å². The number of hydrogen-bond donors (Lipinski definition) is 1.